The molecule has 0 saturated carbocycles. The summed E-state index contributed by atoms with van der Waals surface area (Å²) in [5.41, 5.74) is 17.5. The maximum absolute atomic E-state index is 13.7. The molecule has 286 valence electrons. The second kappa shape index (κ2) is 23.8. The first-order valence-electron chi connectivity index (χ1n) is 17.5. The van der Waals surface area contributed by atoms with Gasteiger partial charge in [-0.1, -0.05) is 38.5 Å². The van der Waals surface area contributed by atoms with Crippen LogP contribution in [0.3, 0.4) is 0 Å². The lowest BCUT2D eigenvalue weighted by atomic mass is 9.98. The van der Waals surface area contributed by atoms with E-state index in [9.17, 15) is 39.0 Å². The van der Waals surface area contributed by atoms with E-state index in [1.165, 1.54) is 25.1 Å². The first-order chi connectivity index (χ1) is 24.2. The van der Waals surface area contributed by atoms with Crippen molar-refractivity contribution in [2.45, 2.75) is 115 Å². The molecule has 0 aliphatic carbocycles. The monoisotopic (exact) mass is 718 g/mol. The molecule has 16 nitrogen and oxygen atoms in total. The molecule has 0 fully saturated rings. The molecule has 0 aliphatic heterocycles. The van der Waals surface area contributed by atoms with Crippen molar-refractivity contribution in [3.05, 3.63) is 42.5 Å². The van der Waals surface area contributed by atoms with E-state index in [1.807, 2.05) is 0 Å². The Morgan fingerprint density at radius 3 is 1.63 bits per heavy atom. The zero-order valence-corrected chi connectivity index (χ0v) is 30.0. The fourth-order valence-corrected chi connectivity index (χ4v) is 5.06. The summed E-state index contributed by atoms with van der Waals surface area (Å²) in [5, 5.41) is 32.6. The van der Waals surface area contributed by atoms with Gasteiger partial charge in [-0.05, 0) is 88.6 Å². The van der Waals surface area contributed by atoms with Gasteiger partial charge in [-0.2, -0.15) is 0 Å². The van der Waals surface area contributed by atoms with Crippen LogP contribution in [-0.4, -0.2) is 95.1 Å². The highest BCUT2D eigenvalue weighted by Gasteiger charge is 2.33. The van der Waals surface area contributed by atoms with Crippen LogP contribution in [0.25, 0.3) is 0 Å². The van der Waals surface area contributed by atoms with E-state index in [-0.39, 0.29) is 31.4 Å². The molecular formula is C35H58N8O8. The Balaban J connectivity index is 3.31. The van der Waals surface area contributed by atoms with Gasteiger partial charge >= 0.3 is 5.97 Å². The molecule has 1 aromatic carbocycles. The normalized spacial score (nSPS) is 15.1. The first-order valence-corrected chi connectivity index (χ1v) is 17.5. The topological polar surface area (TPSA) is 281 Å². The van der Waals surface area contributed by atoms with Gasteiger partial charge in [0.15, 0.2) is 0 Å². The molecule has 0 bridgehead atoms. The summed E-state index contributed by atoms with van der Waals surface area (Å²) >= 11 is 0. The van der Waals surface area contributed by atoms with E-state index in [1.54, 1.807) is 26.0 Å². The molecule has 1 aromatic rings. The number of aliphatic carboxylic acids is 1. The van der Waals surface area contributed by atoms with E-state index >= 15 is 0 Å². The van der Waals surface area contributed by atoms with Crippen molar-refractivity contribution in [1.29, 1.82) is 0 Å². The third kappa shape index (κ3) is 16.4. The van der Waals surface area contributed by atoms with Crippen molar-refractivity contribution in [2.75, 3.05) is 13.1 Å². The number of phenols is 1. The minimum Gasteiger partial charge on any atom is -0.508 e. The van der Waals surface area contributed by atoms with Gasteiger partial charge in [-0.15, -0.1) is 6.58 Å². The molecule has 13 N–H and O–H groups in total. The van der Waals surface area contributed by atoms with Gasteiger partial charge in [-0.3, -0.25) is 24.0 Å². The smallest absolute Gasteiger partial charge is 0.326 e. The number of hydrogen-bond acceptors (Lipinski definition) is 10. The van der Waals surface area contributed by atoms with Gasteiger partial charge in [0, 0.05) is 6.42 Å². The average Bonchev–Trinajstić information content (AvgIpc) is 3.09. The third-order valence-corrected chi connectivity index (χ3v) is 8.39. The van der Waals surface area contributed by atoms with Gasteiger partial charge in [0.05, 0.1) is 6.04 Å². The van der Waals surface area contributed by atoms with Gasteiger partial charge in [-0.25, -0.2) is 4.79 Å². The predicted octanol–water partition coefficient (Wildman–Crippen LogP) is -0.329. The molecule has 5 amide bonds. The SMILES string of the molecule is C=CC[C@H](NC(=O)[C@H](CCCCN)NC(=O)[C@H](CCCCN)NC(=O)[C@H](C)N)C(=O)N[C@@H](Cc1ccc(O)cc1)C(=O)N[C@H](C(=O)O)C(C)CC. The minimum absolute atomic E-state index is 0.00781. The van der Waals surface area contributed by atoms with Crippen molar-refractivity contribution in [2.24, 2.45) is 23.1 Å². The maximum atomic E-state index is 13.7. The summed E-state index contributed by atoms with van der Waals surface area (Å²) in [6, 6.07) is -0.756. The van der Waals surface area contributed by atoms with Crippen molar-refractivity contribution in [1.82, 2.24) is 26.6 Å². The lowest BCUT2D eigenvalue weighted by molar-refractivity contribution is -0.143. The van der Waals surface area contributed by atoms with Crippen LogP contribution in [0.1, 0.15) is 77.7 Å². The number of carboxylic acids is 1. The Morgan fingerprint density at radius 2 is 1.18 bits per heavy atom. The van der Waals surface area contributed by atoms with Crippen LogP contribution in [0.4, 0.5) is 0 Å². The maximum Gasteiger partial charge on any atom is 0.326 e. The lowest BCUT2D eigenvalue weighted by Gasteiger charge is -2.27. The van der Waals surface area contributed by atoms with Crippen LogP contribution in [0.5, 0.6) is 5.75 Å². The number of nitrogens with one attached hydrogen (secondary N) is 5. The van der Waals surface area contributed by atoms with Crippen molar-refractivity contribution in [3.63, 3.8) is 0 Å². The molecule has 0 radical (unpaired) electrons. The van der Waals surface area contributed by atoms with E-state index in [4.69, 9.17) is 17.2 Å². The molecule has 16 heteroatoms. The highest BCUT2D eigenvalue weighted by molar-refractivity contribution is 5.96. The number of hydrogen-bond donors (Lipinski definition) is 10. The minimum atomic E-state index is -1.26. The highest BCUT2D eigenvalue weighted by Crippen LogP contribution is 2.14. The van der Waals surface area contributed by atoms with Gasteiger partial charge in [0.25, 0.3) is 0 Å². The number of benzene rings is 1. The predicted molar refractivity (Wildman–Crippen MR) is 193 cm³/mol. The van der Waals surface area contributed by atoms with E-state index in [0.717, 1.165) is 0 Å². The summed E-state index contributed by atoms with van der Waals surface area (Å²) in [5.74, 6) is -5.01. The molecule has 0 aromatic heterocycles. The number of nitrogens with two attached hydrogens (primary N) is 3. The number of aromatic hydroxyl groups is 1. The van der Waals surface area contributed by atoms with Crippen LogP contribution in [0.2, 0.25) is 0 Å². The number of rotatable bonds is 25. The van der Waals surface area contributed by atoms with Gasteiger partial charge in [0.1, 0.15) is 36.0 Å². The van der Waals surface area contributed by atoms with Crippen LogP contribution in [0.15, 0.2) is 36.9 Å². The molecule has 1 unspecified atom stereocenters. The summed E-state index contributed by atoms with van der Waals surface area (Å²) in [6.07, 6.45) is 4.35. The van der Waals surface area contributed by atoms with E-state index < -0.39 is 77.7 Å². The van der Waals surface area contributed by atoms with E-state index in [0.29, 0.717) is 50.8 Å². The van der Waals surface area contributed by atoms with Gasteiger partial charge < -0.3 is 54.0 Å². The largest absolute Gasteiger partial charge is 0.508 e. The van der Waals surface area contributed by atoms with Crippen LogP contribution >= 0.6 is 0 Å². The number of phenolic OH excluding ortho intramolecular Hbond substituents is 1. The zero-order chi connectivity index (χ0) is 38.5. The molecule has 0 saturated heterocycles. The second-order valence-electron chi connectivity index (χ2n) is 12.7. The Morgan fingerprint density at radius 1 is 0.725 bits per heavy atom. The fourth-order valence-electron chi connectivity index (χ4n) is 5.06. The molecule has 51 heavy (non-hydrogen) atoms. The first kappa shape index (κ1) is 44.5. The van der Waals surface area contributed by atoms with Crippen LogP contribution in [0, 0.1) is 5.92 Å². The Kier molecular flexibility index (Phi) is 20.7. The van der Waals surface area contributed by atoms with Crippen molar-refractivity contribution < 1.29 is 39.0 Å². The standard InChI is InChI=1S/C35H58N8O8/c1-5-11-25(31(46)42-28(20-23-14-16-24(44)17-15-23)34(49)43-29(35(50)51)21(3)6-2)40-33(48)27(13-8-10-19-37)41-32(47)26(12-7-9-18-36)39-30(45)22(4)38/h5,14-17,21-22,25-29,44H,1,6-13,18-20,36-38H2,2-4H3,(H,39,45)(H,40,48)(H,41,47)(H,42,46)(H,43,49)(H,50,51)/t21?,22-,25-,26-,27-,28-,29-/m0/s1. The molecule has 0 spiro atoms. The fraction of sp³-hybridized carbons (Fsp3) is 0.600. The summed E-state index contributed by atoms with van der Waals surface area (Å²) < 4.78 is 0. The number of carboxylic acid groups (broad SMARTS) is 1. The Bertz CT molecular complexity index is 1290. The molecule has 7 atom stereocenters. The number of amides is 5. The Hall–Kier alpha value is -4.54. The summed E-state index contributed by atoms with van der Waals surface area (Å²) in [4.78, 5) is 78.6. The summed E-state index contributed by atoms with van der Waals surface area (Å²) in [7, 11) is 0. The van der Waals surface area contributed by atoms with Crippen molar-refractivity contribution >= 4 is 35.5 Å². The molecule has 0 aliphatic rings. The molecule has 0 heterocycles. The number of carbonyl (C=O) groups excluding carboxylic acids is 5. The quantitative estimate of drug-likeness (QED) is 0.0462. The third-order valence-electron chi connectivity index (χ3n) is 8.39. The zero-order valence-electron chi connectivity index (χ0n) is 30.0. The lowest BCUT2D eigenvalue weighted by Crippen LogP contribution is -2.59. The highest BCUT2D eigenvalue weighted by atomic mass is 16.4. The average molecular weight is 719 g/mol. The number of unbranched alkanes of at least 4 members (excludes halogenated alkanes) is 2. The van der Waals surface area contributed by atoms with E-state index in [2.05, 4.69) is 33.2 Å². The van der Waals surface area contributed by atoms with Gasteiger partial charge in [0.2, 0.25) is 29.5 Å². The Labute approximate surface area is 300 Å². The van der Waals surface area contributed by atoms with Crippen molar-refractivity contribution in [3.8, 4) is 5.75 Å². The molecule has 1 rings (SSSR count). The number of carbonyl (C=O) groups is 6. The molecular weight excluding hydrogens is 660 g/mol. The van der Waals surface area contributed by atoms with Crippen LogP contribution < -0.4 is 43.8 Å². The second-order valence-corrected chi connectivity index (χ2v) is 12.7. The van der Waals surface area contributed by atoms with Crippen LogP contribution in [-0.2, 0) is 35.2 Å². The summed E-state index contributed by atoms with van der Waals surface area (Å²) in [6.45, 7) is 9.37.